The summed E-state index contributed by atoms with van der Waals surface area (Å²) < 4.78 is 54.6. The van der Waals surface area contributed by atoms with E-state index in [0.717, 1.165) is 44.8 Å². The Kier molecular flexibility index (Phi) is 5.74. The highest BCUT2D eigenvalue weighted by atomic mass is 19.4. The maximum Gasteiger partial charge on any atom is 0.432 e. The largest absolute Gasteiger partial charge is 0.459 e. The van der Waals surface area contributed by atoms with Crippen molar-refractivity contribution >= 4 is 11.8 Å². The molecule has 0 heterocycles. The third-order valence-electron chi connectivity index (χ3n) is 9.89. The molecular weight excluding hydrogens is 457 g/mol. The molecule has 0 saturated heterocycles. The molecule has 1 spiro atoms. The lowest BCUT2D eigenvalue weighted by Crippen LogP contribution is -2.62. The van der Waals surface area contributed by atoms with Crippen LogP contribution in [-0.4, -0.2) is 31.1 Å². The van der Waals surface area contributed by atoms with Crippen molar-refractivity contribution in [1.82, 2.24) is 0 Å². The SMILES string of the molecule is C=C1C[C@]23C[C@H]1CC[C@H]2[C@]1(C)CCCC(=O)[C@H]1C[C@@H]3OC(=O)[C@](OC)(c1ccccc1)C(F)(F)F. The minimum absolute atomic E-state index is 0.103. The lowest BCUT2D eigenvalue weighted by molar-refractivity contribution is -0.284. The van der Waals surface area contributed by atoms with Crippen molar-refractivity contribution in [1.29, 1.82) is 0 Å². The number of halogens is 3. The zero-order chi connectivity index (χ0) is 25.2. The zero-order valence-corrected chi connectivity index (χ0v) is 20.3. The van der Waals surface area contributed by atoms with Gasteiger partial charge in [0.25, 0.3) is 5.60 Å². The van der Waals surface area contributed by atoms with Gasteiger partial charge in [-0.15, -0.1) is 0 Å². The van der Waals surface area contributed by atoms with Crippen molar-refractivity contribution in [2.24, 2.45) is 28.6 Å². The number of alkyl halides is 3. The van der Waals surface area contributed by atoms with Gasteiger partial charge in [0.1, 0.15) is 11.9 Å². The summed E-state index contributed by atoms with van der Waals surface area (Å²) in [7, 11) is 0.888. The first kappa shape index (κ1) is 24.5. The molecule has 2 bridgehead atoms. The van der Waals surface area contributed by atoms with Gasteiger partial charge in [-0.2, -0.15) is 13.2 Å². The summed E-state index contributed by atoms with van der Waals surface area (Å²) in [5, 5.41) is 0. The van der Waals surface area contributed by atoms with Crippen LogP contribution in [0.15, 0.2) is 42.5 Å². The van der Waals surface area contributed by atoms with E-state index in [-0.39, 0.29) is 40.9 Å². The number of rotatable bonds is 4. The van der Waals surface area contributed by atoms with E-state index in [4.69, 9.17) is 9.47 Å². The van der Waals surface area contributed by atoms with Crippen LogP contribution in [0.5, 0.6) is 0 Å². The highest BCUT2D eigenvalue weighted by Gasteiger charge is 2.69. The van der Waals surface area contributed by atoms with Gasteiger partial charge in [0.2, 0.25) is 0 Å². The van der Waals surface area contributed by atoms with Crippen LogP contribution >= 0.6 is 0 Å². The van der Waals surface area contributed by atoms with Crippen LogP contribution in [0, 0.1) is 28.6 Å². The van der Waals surface area contributed by atoms with E-state index < -0.39 is 29.3 Å². The van der Waals surface area contributed by atoms with Gasteiger partial charge >= 0.3 is 12.1 Å². The number of carbonyl (C=O) groups is 2. The summed E-state index contributed by atoms with van der Waals surface area (Å²) in [5.74, 6) is -1.23. The van der Waals surface area contributed by atoms with Crippen LogP contribution in [0.25, 0.3) is 0 Å². The molecule has 1 aromatic rings. The van der Waals surface area contributed by atoms with Crippen LogP contribution in [0.3, 0.4) is 0 Å². The molecule has 0 aliphatic heterocycles. The Morgan fingerprint density at radius 3 is 2.54 bits per heavy atom. The lowest BCUT2D eigenvalue weighted by Gasteiger charge is -2.61. The van der Waals surface area contributed by atoms with E-state index in [1.54, 1.807) is 6.07 Å². The quantitative estimate of drug-likeness (QED) is 0.376. The third-order valence-corrected chi connectivity index (χ3v) is 9.89. The van der Waals surface area contributed by atoms with Crippen molar-refractivity contribution < 1.29 is 32.2 Å². The summed E-state index contributed by atoms with van der Waals surface area (Å²) in [6.07, 6.45) is -0.0876. The van der Waals surface area contributed by atoms with Crippen molar-refractivity contribution in [2.75, 3.05) is 7.11 Å². The predicted octanol–water partition coefficient (Wildman–Crippen LogP) is 6.14. The van der Waals surface area contributed by atoms with E-state index >= 15 is 0 Å². The van der Waals surface area contributed by atoms with Gasteiger partial charge in [0.05, 0.1) is 0 Å². The molecule has 4 nitrogen and oxygen atoms in total. The second kappa shape index (κ2) is 8.19. The first-order valence-electron chi connectivity index (χ1n) is 12.6. The Morgan fingerprint density at radius 1 is 1.17 bits per heavy atom. The molecule has 7 atom stereocenters. The molecule has 4 saturated carbocycles. The van der Waals surface area contributed by atoms with Gasteiger partial charge in [-0.25, -0.2) is 4.79 Å². The van der Waals surface area contributed by atoms with Crippen molar-refractivity contribution in [3.05, 3.63) is 48.0 Å². The summed E-state index contributed by atoms with van der Waals surface area (Å²) in [6, 6.07) is 6.93. The van der Waals surface area contributed by atoms with Crippen molar-refractivity contribution in [2.45, 2.75) is 76.2 Å². The number of hydrogen-bond donors (Lipinski definition) is 0. The molecule has 0 aromatic heterocycles. The fourth-order valence-corrected chi connectivity index (χ4v) is 8.32. The number of esters is 1. The van der Waals surface area contributed by atoms with E-state index in [1.807, 2.05) is 0 Å². The summed E-state index contributed by atoms with van der Waals surface area (Å²) >= 11 is 0. The summed E-state index contributed by atoms with van der Waals surface area (Å²) in [4.78, 5) is 26.7. The fraction of sp³-hybridized carbons (Fsp3) is 0.643. The number of hydrogen-bond acceptors (Lipinski definition) is 4. The number of ketones is 1. The number of Topliss-reactive ketones (excluding diaryl/α,β-unsaturated/α-hetero) is 1. The number of ether oxygens (including phenoxy) is 2. The number of methoxy groups -OCH3 is 1. The Hall–Kier alpha value is -2.15. The second-order valence-electron chi connectivity index (χ2n) is 11.4. The predicted molar refractivity (Wildman–Crippen MR) is 123 cm³/mol. The fourth-order valence-electron chi connectivity index (χ4n) is 8.32. The van der Waals surface area contributed by atoms with Crippen molar-refractivity contribution in [3.63, 3.8) is 0 Å². The lowest BCUT2D eigenvalue weighted by atomic mass is 9.44. The van der Waals surface area contributed by atoms with E-state index in [1.165, 1.54) is 24.3 Å². The molecule has 4 aliphatic rings. The molecule has 35 heavy (non-hydrogen) atoms. The first-order valence-corrected chi connectivity index (χ1v) is 12.6. The molecule has 190 valence electrons. The van der Waals surface area contributed by atoms with Gasteiger partial charge < -0.3 is 9.47 Å². The van der Waals surface area contributed by atoms with Gasteiger partial charge in [0.15, 0.2) is 0 Å². The standard InChI is InChI=1S/C28H33F3O4/c1-17-15-26-16-18(17)11-12-22(26)25(2)13-7-10-21(32)20(25)14-23(26)35-24(33)27(34-3,28(29,30)31)19-8-5-4-6-9-19/h4-6,8-9,18,20,22-23H,1,7,10-16H2,2-3H3/t18-,20-,22+,23+,25-,26+,27-/m1/s1. The molecule has 0 radical (unpaired) electrons. The van der Waals surface area contributed by atoms with Crippen molar-refractivity contribution in [3.8, 4) is 0 Å². The molecule has 0 N–H and O–H groups in total. The number of allylic oxidation sites excluding steroid dienone is 1. The first-order chi connectivity index (χ1) is 16.5. The number of benzene rings is 1. The Balaban J connectivity index is 1.57. The van der Waals surface area contributed by atoms with Crippen LogP contribution in [0.1, 0.15) is 63.9 Å². The second-order valence-corrected chi connectivity index (χ2v) is 11.4. The summed E-state index contributed by atoms with van der Waals surface area (Å²) in [5.41, 5.74) is -3.17. The molecule has 0 amide bonds. The Morgan fingerprint density at radius 2 is 1.89 bits per heavy atom. The minimum atomic E-state index is -5.03. The zero-order valence-electron chi connectivity index (χ0n) is 20.3. The topological polar surface area (TPSA) is 52.6 Å². The smallest absolute Gasteiger partial charge is 0.432 e. The normalized spacial score (nSPS) is 38.3. The average Bonchev–Trinajstić information content (AvgIpc) is 3.05. The minimum Gasteiger partial charge on any atom is -0.459 e. The van der Waals surface area contributed by atoms with Gasteiger partial charge in [-0.05, 0) is 62.2 Å². The maximum absolute atomic E-state index is 14.5. The molecule has 0 unspecified atom stereocenters. The molecule has 4 aliphatic carbocycles. The highest BCUT2D eigenvalue weighted by molar-refractivity contribution is 5.84. The van der Waals surface area contributed by atoms with Gasteiger partial charge in [-0.3, -0.25) is 4.79 Å². The van der Waals surface area contributed by atoms with E-state index in [9.17, 15) is 22.8 Å². The van der Waals surface area contributed by atoms with Crippen LogP contribution in [-0.2, 0) is 24.7 Å². The Bertz CT molecular complexity index is 1040. The molecule has 5 rings (SSSR count). The molecule has 7 heteroatoms. The van der Waals surface area contributed by atoms with Crippen LogP contribution < -0.4 is 0 Å². The molecule has 4 fully saturated rings. The number of fused-ring (bicyclic) bond motifs is 3. The van der Waals surface area contributed by atoms with Gasteiger partial charge in [0, 0.05) is 30.4 Å². The molecule has 1 aromatic carbocycles. The Labute approximate surface area is 204 Å². The van der Waals surface area contributed by atoms with Gasteiger partial charge in [-0.1, -0.05) is 49.4 Å². The molecular formula is C28H33F3O4. The highest BCUT2D eigenvalue weighted by Crippen LogP contribution is 2.70. The van der Waals surface area contributed by atoms with E-state index in [0.29, 0.717) is 12.8 Å². The monoisotopic (exact) mass is 490 g/mol. The average molecular weight is 491 g/mol. The van der Waals surface area contributed by atoms with E-state index in [2.05, 4.69) is 13.5 Å². The number of carbonyl (C=O) groups excluding carboxylic acids is 2. The van der Waals surface area contributed by atoms with Crippen LogP contribution in [0.4, 0.5) is 13.2 Å². The summed E-state index contributed by atoms with van der Waals surface area (Å²) in [6.45, 7) is 6.46. The third kappa shape index (κ3) is 3.36. The van der Waals surface area contributed by atoms with Crippen LogP contribution in [0.2, 0.25) is 0 Å². The maximum atomic E-state index is 14.5.